The van der Waals surface area contributed by atoms with Gasteiger partial charge < -0.3 is 0 Å². The number of aryl methyl sites for hydroxylation is 1. The summed E-state index contributed by atoms with van der Waals surface area (Å²) in [6, 6.07) is 0. The fourth-order valence-electron chi connectivity index (χ4n) is 1.44. The molecule has 0 aliphatic rings. The van der Waals surface area contributed by atoms with Crippen LogP contribution in [0.2, 0.25) is 0 Å². The van der Waals surface area contributed by atoms with Crippen LogP contribution >= 0.6 is 0 Å². The molecule has 1 rings (SSSR count). The van der Waals surface area contributed by atoms with Crippen molar-refractivity contribution in [3.63, 3.8) is 0 Å². The van der Waals surface area contributed by atoms with Gasteiger partial charge in [-0.15, -0.1) is 0 Å². The van der Waals surface area contributed by atoms with E-state index in [2.05, 4.69) is 58.5 Å². The van der Waals surface area contributed by atoms with Crippen LogP contribution in [0.25, 0.3) is 0 Å². The second kappa shape index (κ2) is 3.62. The summed E-state index contributed by atoms with van der Waals surface area (Å²) in [6.45, 7) is 16.0. The quantitative estimate of drug-likeness (QED) is 0.712. The van der Waals surface area contributed by atoms with E-state index in [0.717, 1.165) is 18.2 Å². The number of nitrogens with zero attached hydrogens (tertiary/aromatic N) is 3. The first-order valence-corrected chi connectivity index (χ1v) is 5.62. The van der Waals surface area contributed by atoms with Gasteiger partial charge in [0.15, 0.2) is 5.82 Å². The van der Waals surface area contributed by atoms with E-state index in [0.29, 0.717) is 0 Å². The fraction of sp³-hybridized carbons (Fsp3) is 0.833. The second-order valence-corrected chi connectivity index (χ2v) is 6.07. The predicted octanol–water partition coefficient (Wildman–Crippen LogP) is 2.89. The molecule has 1 aromatic heterocycles. The summed E-state index contributed by atoms with van der Waals surface area (Å²) in [5.74, 6) is 2.02. The number of aromatic nitrogens is 3. The molecule has 0 saturated heterocycles. The van der Waals surface area contributed by atoms with E-state index in [-0.39, 0.29) is 10.8 Å². The number of hydrogen-bond acceptors (Lipinski definition) is 2. The number of hydrogen-bond donors (Lipinski definition) is 0. The van der Waals surface area contributed by atoms with E-state index < -0.39 is 0 Å². The molecule has 3 heteroatoms. The Morgan fingerprint density at radius 3 is 1.80 bits per heavy atom. The van der Waals surface area contributed by atoms with Gasteiger partial charge in [-0.2, -0.15) is 5.10 Å². The van der Waals surface area contributed by atoms with E-state index in [1.165, 1.54) is 0 Å². The van der Waals surface area contributed by atoms with Crippen molar-refractivity contribution in [2.75, 3.05) is 0 Å². The van der Waals surface area contributed by atoms with Crippen LogP contribution in [0.5, 0.6) is 0 Å². The van der Waals surface area contributed by atoms with Gasteiger partial charge in [0, 0.05) is 17.4 Å². The highest BCUT2D eigenvalue weighted by atomic mass is 15.4. The van der Waals surface area contributed by atoms with E-state index in [1.807, 2.05) is 4.68 Å². The molecule has 0 aliphatic carbocycles. The summed E-state index contributed by atoms with van der Waals surface area (Å²) in [4.78, 5) is 4.68. The van der Waals surface area contributed by atoms with E-state index in [9.17, 15) is 0 Å². The normalized spacial score (nSPS) is 13.3. The molecule has 0 saturated carbocycles. The van der Waals surface area contributed by atoms with Crippen molar-refractivity contribution < 1.29 is 0 Å². The minimum absolute atomic E-state index is 0.0282. The molecule has 0 aliphatic heterocycles. The Morgan fingerprint density at radius 1 is 1.00 bits per heavy atom. The van der Waals surface area contributed by atoms with Crippen molar-refractivity contribution >= 4 is 0 Å². The molecule has 1 aromatic rings. The lowest BCUT2D eigenvalue weighted by Gasteiger charge is -2.17. The van der Waals surface area contributed by atoms with Crippen LogP contribution in [-0.2, 0) is 17.4 Å². The van der Waals surface area contributed by atoms with Gasteiger partial charge in [-0.3, -0.25) is 0 Å². The van der Waals surface area contributed by atoms with Crippen molar-refractivity contribution in [1.82, 2.24) is 14.8 Å². The van der Waals surface area contributed by atoms with Gasteiger partial charge >= 0.3 is 0 Å². The van der Waals surface area contributed by atoms with Crippen LogP contribution in [-0.4, -0.2) is 14.8 Å². The molecule has 3 nitrogen and oxygen atoms in total. The van der Waals surface area contributed by atoms with E-state index in [1.54, 1.807) is 0 Å². The predicted molar refractivity (Wildman–Crippen MR) is 63.1 cm³/mol. The zero-order valence-corrected chi connectivity index (χ0v) is 11.0. The lowest BCUT2D eigenvalue weighted by Crippen LogP contribution is -2.19. The minimum Gasteiger partial charge on any atom is -0.250 e. The molecule has 0 unspecified atom stereocenters. The van der Waals surface area contributed by atoms with Crippen LogP contribution in [0, 0.1) is 0 Å². The molecular weight excluding hydrogens is 186 g/mol. The molecule has 0 fully saturated rings. The van der Waals surface area contributed by atoms with E-state index >= 15 is 0 Å². The topological polar surface area (TPSA) is 30.7 Å². The molecule has 0 amide bonds. The second-order valence-electron chi connectivity index (χ2n) is 6.07. The highest BCUT2D eigenvalue weighted by molar-refractivity contribution is 5.09. The third kappa shape index (κ3) is 2.58. The smallest absolute Gasteiger partial charge is 0.156 e. The Bertz CT molecular complexity index is 337. The largest absolute Gasteiger partial charge is 0.250 e. The Labute approximate surface area is 92.9 Å². The maximum atomic E-state index is 4.68. The molecule has 0 aromatic carbocycles. The Balaban J connectivity index is 3.24. The lowest BCUT2D eigenvalue weighted by molar-refractivity contribution is 0.482. The molecule has 1 heterocycles. The molecule has 0 atom stereocenters. The van der Waals surface area contributed by atoms with Gasteiger partial charge in [-0.1, -0.05) is 41.5 Å². The van der Waals surface area contributed by atoms with Gasteiger partial charge in [0.1, 0.15) is 5.82 Å². The van der Waals surface area contributed by atoms with Crippen molar-refractivity contribution in [2.24, 2.45) is 0 Å². The third-order valence-corrected chi connectivity index (χ3v) is 2.31. The van der Waals surface area contributed by atoms with Crippen molar-refractivity contribution in [1.29, 1.82) is 0 Å². The van der Waals surface area contributed by atoms with E-state index in [4.69, 9.17) is 0 Å². The van der Waals surface area contributed by atoms with Gasteiger partial charge in [0.25, 0.3) is 0 Å². The summed E-state index contributed by atoms with van der Waals surface area (Å²) in [5, 5.41) is 4.57. The van der Waals surface area contributed by atoms with Crippen molar-refractivity contribution in [3.05, 3.63) is 11.6 Å². The summed E-state index contributed by atoms with van der Waals surface area (Å²) in [7, 11) is 0. The van der Waals surface area contributed by atoms with Crippen LogP contribution in [0.1, 0.15) is 60.1 Å². The zero-order valence-electron chi connectivity index (χ0n) is 11.0. The van der Waals surface area contributed by atoms with Crippen LogP contribution in [0.4, 0.5) is 0 Å². The summed E-state index contributed by atoms with van der Waals surface area (Å²) < 4.78 is 2.01. The van der Waals surface area contributed by atoms with Crippen molar-refractivity contribution in [3.8, 4) is 0 Å². The fourth-order valence-corrected chi connectivity index (χ4v) is 1.44. The molecule has 15 heavy (non-hydrogen) atoms. The third-order valence-electron chi connectivity index (χ3n) is 2.31. The van der Waals surface area contributed by atoms with Crippen molar-refractivity contribution in [2.45, 2.75) is 65.8 Å². The van der Waals surface area contributed by atoms with Gasteiger partial charge in [0.2, 0.25) is 0 Å². The molecule has 0 spiro atoms. The van der Waals surface area contributed by atoms with Crippen LogP contribution < -0.4 is 0 Å². The number of rotatable bonds is 1. The summed E-state index contributed by atoms with van der Waals surface area (Å²) >= 11 is 0. The SMILES string of the molecule is CCn1nc(C(C)(C)C)nc1C(C)(C)C. The highest BCUT2D eigenvalue weighted by Gasteiger charge is 2.26. The first kappa shape index (κ1) is 12.2. The molecule has 0 radical (unpaired) electrons. The van der Waals surface area contributed by atoms with Gasteiger partial charge in [0.05, 0.1) is 0 Å². The molecule has 0 N–H and O–H groups in total. The zero-order chi connectivity index (χ0) is 11.9. The monoisotopic (exact) mass is 209 g/mol. The molecule has 0 bridgehead atoms. The Hall–Kier alpha value is -0.860. The van der Waals surface area contributed by atoms with Crippen LogP contribution in [0.15, 0.2) is 0 Å². The first-order chi connectivity index (χ1) is 6.66. The highest BCUT2D eigenvalue weighted by Crippen LogP contribution is 2.24. The minimum atomic E-state index is 0.0282. The summed E-state index contributed by atoms with van der Waals surface area (Å²) in [5.41, 5.74) is 0.0902. The van der Waals surface area contributed by atoms with Crippen LogP contribution in [0.3, 0.4) is 0 Å². The average molecular weight is 209 g/mol. The Morgan fingerprint density at radius 2 is 1.53 bits per heavy atom. The first-order valence-electron chi connectivity index (χ1n) is 5.62. The Kier molecular flexibility index (Phi) is 2.94. The maximum absolute atomic E-state index is 4.68. The average Bonchev–Trinajstić information content (AvgIpc) is 2.44. The maximum Gasteiger partial charge on any atom is 0.156 e. The molecule has 86 valence electrons. The lowest BCUT2D eigenvalue weighted by atomic mass is 9.94. The van der Waals surface area contributed by atoms with Gasteiger partial charge in [-0.25, -0.2) is 9.67 Å². The standard InChI is InChI=1S/C12H23N3/c1-8-15-10(12(5,6)7)13-9(14-15)11(2,3)4/h8H2,1-7H3. The summed E-state index contributed by atoms with van der Waals surface area (Å²) in [6.07, 6.45) is 0. The molecular formula is C12H23N3. The van der Waals surface area contributed by atoms with Gasteiger partial charge in [-0.05, 0) is 6.92 Å².